The van der Waals surface area contributed by atoms with Crippen LogP contribution < -0.4 is 0 Å². The first kappa shape index (κ1) is 21.6. The lowest BCUT2D eigenvalue weighted by Crippen LogP contribution is -2.13. The lowest BCUT2D eigenvalue weighted by Gasteiger charge is -2.08. The van der Waals surface area contributed by atoms with E-state index in [-0.39, 0.29) is 0 Å². The van der Waals surface area contributed by atoms with Gasteiger partial charge in [0.05, 0.1) is 11.1 Å². The first-order valence-electron chi connectivity index (χ1n) is 10.8. The molecule has 0 N–H and O–H groups in total. The molecule has 1 aromatic heterocycles. The summed E-state index contributed by atoms with van der Waals surface area (Å²) < 4.78 is 6.53. The molecule has 5 aromatic carbocycles. The maximum Gasteiger partial charge on any atom is 0.346 e. The fourth-order valence-electron chi connectivity index (χ4n) is 3.91. The van der Waals surface area contributed by atoms with Gasteiger partial charge >= 0.3 is 11.9 Å². The Labute approximate surface area is 200 Å². The highest BCUT2D eigenvalue weighted by atomic mass is 32.1. The average Bonchev–Trinajstić information content (AvgIpc) is 3.37. The van der Waals surface area contributed by atoms with Crippen LogP contribution in [0, 0.1) is 0 Å². The Balaban J connectivity index is 0.000000222. The number of fused-ring (bicyclic) bond motifs is 3. The predicted octanol–water partition coefficient (Wildman–Crippen LogP) is 7.89. The van der Waals surface area contributed by atoms with Crippen LogP contribution in [-0.2, 0) is 4.74 Å². The number of carbonyl (C=O) groups is 2. The van der Waals surface area contributed by atoms with Crippen molar-refractivity contribution < 1.29 is 14.3 Å². The molecule has 0 fully saturated rings. The molecule has 0 spiro atoms. The quantitative estimate of drug-likeness (QED) is 0.195. The van der Waals surface area contributed by atoms with E-state index in [1.54, 1.807) is 35.6 Å². The highest BCUT2D eigenvalue weighted by molar-refractivity contribution is 7.17. The third-order valence-corrected chi connectivity index (χ3v) is 6.46. The minimum absolute atomic E-state index is 0.381. The van der Waals surface area contributed by atoms with Crippen molar-refractivity contribution in [1.82, 2.24) is 0 Å². The van der Waals surface area contributed by atoms with Crippen molar-refractivity contribution in [3.63, 3.8) is 0 Å². The fourth-order valence-corrected chi connectivity index (χ4v) is 4.70. The molecular formula is C30H20O3S. The van der Waals surface area contributed by atoms with Gasteiger partial charge in [-0.2, -0.15) is 0 Å². The molecule has 164 valence electrons. The summed E-state index contributed by atoms with van der Waals surface area (Å²) in [5.41, 5.74) is 0.762. The summed E-state index contributed by atoms with van der Waals surface area (Å²) in [6.07, 6.45) is 0. The van der Waals surface area contributed by atoms with Crippen LogP contribution in [-0.4, -0.2) is 11.9 Å². The van der Waals surface area contributed by atoms with Crippen molar-refractivity contribution in [2.75, 3.05) is 0 Å². The standard InChI is InChI=1S/C22H14O3.C8H6S/c23-21(19-13-5-9-15-7-1-3-11-17(15)19)25-22(24)20-14-6-10-16-8-2-4-12-18(16)20;1-2-4-8-7(3-1)5-6-9-8/h1-14H;1-6H. The molecule has 4 heteroatoms. The lowest BCUT2D eigenvalue weighted by atomic mass is 10.0. The molecule has 0 saturated carbocycles. The Hall–Kier alpha value is -4.28. The molecular weight excluding hydrogens is 440 g/mol. The van der Waals surface area contributed by atoms with Gasteiger partial charge in [0.25, 0.3) is 0 Å². The first-order valence-corrected chi connectivity index (χ1v) is 11.7. The van der Waals surface area contributed by atoms with E-state index in [1.807, 2.05) is 60.7 Å². The Kier molecular flexibility index (Phi) is 6.15. The van der Waals surface area contributed by atoms with E-state index in [0.29, 0.717) is 11.1 Å². The van der Waals surface area contributed by atoms with Crippen molar-refractivity contribution in [3.05, 3.63) is 132 Å². The van der Waals surface area contributed by atoms with E-state index in [4.69, 9.17) is 4.74 Å². The zero-order valence-electron chi connectivity index (χ0n) is 18.2. The Morgan fingerprint density at radius 1 is 0.500 bits per heavy atom. The Morgan fingerprint density at radius 2 is 0.971 bits per heavy atom. The summed E-state index contributed by atoms with van der Waals surface area (Å²) in [4.78, 5) is 25.1. The maximum atomic E-state index is 12.5. The maximum absolute atomic E-state index is 12.5. The van der Waals surface area contributed by atoms with E-state index in [0.717, 1.165) is 21.5 Å². The molecule has 0 atom stereocenters. The number of hydrogen-bond acceptors (Lipinski definition) is 4. The number of benzene rings is 5. The van der Waals surface area contributed by atoms with Crippen LogP contribution in [0.5, 0.6) is 0 Å². The van der Waals surface area contributed by atoms with Gasteiger partial charge in [-0.05, 0) is 56.6 Å². The topological polar surface area (TPSA) is 43.4 Å². The van der Waals surface area contributed by atoms with Gasteiger partial charge in [0.1, 0.15) is 0 Å². The monoisotopic (exact) mass is 460 g/mol. The van der Waals surface area contributed by atoms with Crippen LogP contribution in [0.4, 0.5) is 0 Å². The molecule has 0 aliphatic heterocycles. The van der Waals surface area contributed by atoms with E-state index in [9.17, 15) is 9.59 Å². The van der Waals surface area contributed by atoms with E-state index < -0.39 is 11.9 Å². The fraction of sp³-hybridized carbons (Fsp3) is 0. The average molecular weight is 461 g/mol. The molecule has 0 amide bonds. The van der Waals surface area contributed by atoms with Crippen LogP contribution in [0.3, 0.4) is 0 Å². The Bertz CT molecular complexity index is 1500. The minimum Gasteiger partial charge on any atom is -0.386 e. The molecule has 0 aliphatic carbocycles. The van der Waals surface area contributed by atoms with E-state index in [1.165, 1.54) is 10.1 Å². The second-order valence-corrected chi connectivity index (χ2v) is 8.64. The first-order chi connectivity index (χ1) is 16.7. The zero-order chi connectivity index (χ0) is 23.3. The highest BCUT2D eigenvalue weighted by Gasteiger charge is 2.18. The summed E-state index contributed by atoms with van der Waals surface area (Å²) in [6.45, 7) is 0. The predicted molar refractivity (Wildman–Crippen MR) is 139 cm³/mol. The molecule has 0 unspecified atom stereocenters. The number of esters is 2. The molecule has 0 radical (unpaired) electrons. The van der Waals surface area contributed by atoms with Crippen molar-refractivity contribution in [3.8, 4) is 0 Å². The van der Waals surface area contributed by atoms with E-state index >= 15 is 0 Å². The third-order valence-electron chi connectivity index (χ3n) is 5.57. The van der Waals surface area contributed by atoms with Crippen molar-refractivity contribution >= 4 is 54.9 Å². The molecule has 6 rings (SSSR count). The van der Waals surface area contributed by atoms with Crippen LogP contribution in [0.15, 0.2) is 121 Å². The van der Waals surface area contributed by atoms with Crippen molar-refractivity contribution in [2.24, 2.45) is 0 Å². The molecule has 0 aliphatic rings. The van der Waals surface area contributed by atoms with E-state index in [2.05, 4.69) is 35.7 Å². The van der Waals surface area contributed by atoms with Crippen LogP contribution in [0.25, 0.3) is 31.6 Å². The molecule has 34 heavy (non-hydrogen) atoms. The normalized spacial score (nSPS) is 10.6. The van der Waals surface area contributed by atoms with Gasteiger partial charge in [0.2, 0.25) is 0 Å². The smallest absolute Gasteiger partial charge is 0.346 e. The van der Waals surface area contributed by atoms with Gasteiger partial charge in [-0.25, -0.2) is 9.59 Å². The van der Waals surface area contributed by atoms with Gasteiger partial charge < -0.3 is 4.74 Å². The van der Waals surface area contributed by atoms with Crippen LogP contribution >= 0.6 is 11.3 Å². The molecule has 0 saturated heterocycles. The largest absolute Gasteiger partial charge is 0.386 e. The van der Waals surface area contributed by atoms with Gasteiger partial charge in [0, 0.05) is 4.70 Å². The lowest BCUT2D eigenvalue weighted by molar-refractivity contribution is 0.0400. The van der Waals surface area contributed by atoms with Crippen LogP contribution in [0.2, 0.25) is 0 Å². The van der Waals surface area contributed by atoms with Gasteiger partial charge in [0.15, 0.2) is 0 Å². The SMILES string of the molecule is O=C(OC(=O)c1cccc2ccccc12)c1cccc2ccccc12.c1ccc2sccc2c1. The van der Waals surface area contributed by atoms with Crippen LogP contribution in [0.1, 0.15) is 20.7 Å². The summed E-state index contributed by atoms with van der Waals surface area (Å²) in [5, 5.41) is 6.85. The Morgan fingerprint density at radius 3 is 1.53 bits per heavy atom. The second-order valence-electron chi connectivity index (χ2n) is 7.69. The minimum atomic E-state index is -0.644. The summed E-state index contributed by atoms with van der Waals surface area (Å²) in [6, 6.07) is 36.3. The summed E-state index contributed by atoms with van der Waals surface area (Å²) in [7, 11) is 0. The number of ether oxygens (including phenoxy) is 1. The molecule has 0 bridgehead atoms. The second kappa shape index (κ2) is 9.69. The summed E-state index contributed by atoms with van der Waals surface area (Å²) >= 11 is 1.79. The number of carbonyl (C=O) groups excluding carboxylic acids is 2. The van der Waals surface area contributed by atoms with Crippen molar-refractivity contribution in [2.45, 2.75) is 0 Å². The van der Waals surface area contributed by atoms with Gasteiger partial charge in [-0.1, -0.05) is 91.0 Å². The highest BCUT2D eigenvalue weighted by Crippen LogP contribution is 2.22. The van der Waals surface area contributed by atoms with Gasteiger partial charge in [-0.3, -0.25) is 0 Å². The summed E-state index contributed by atoms with van der Waals surface area (Å²) in [5.74, 6) is -1.29. The third kappa shape index (κ3) is 4.45. The zero-order valence-corrected chi connectivity index (χ0v) is 19.0. The number of hydrogen-bond donors (Lipinski definition) is 0. The van der Waals surface area contributed by atoms with Crippen molar-refractivity contribution in [1.29, 1.82) is 0 Å². The number of rotatable bonds is 2. The molecule has 1 heterocycles. The molecule has 3 nitrogen and oxygen atoms in total. The number of thiophene rings is 1. The van der Waals surface area contributed by atoms with Gasteiger partial charge in [-0.15, -0.1) is 11.3 Å². The molecule has 6 aromatic rings.